The predicted octanol–water partition coefficient (Wildman–Crippen LogP) is 0.991. The predicted molar refractivity (Wildman–Crippen MR) is 60.0 cm³/mol. The molecule has 0 aromatic heterocycles. The molecule has 0 radical (unpaired) electrons. The van der Waals surface area contributed by atoms with Crippen molar-refractivity contribution in [3.8, 4) is 0 Å². The van der Waals surface area contributed by atoms with Gasteiger partial charge in [0.05, 0.1) is 7.11 Å². The van der Waals surface area contributed by atoms with E-state index in [1.165, 1.54) is 20.0 Å². The summed E-state index contributed by atoms with van der Waals surface area (Å²) in [6, 6.07) is 0. The van der Waals surface area contributed by atoms with Crippen molar-refractivity contribution in [1.29, 1.82) is 0 Å². The second-order valence-corrected chi connectivity index (χ2v) is 4.56. The van der Waals surface area contributed by atoms with Crippen molar-refractivity contribution in [2.45, 2.75) is 26.7 Å². The van der Waals surface area contributed by atoms with Gasteiger partial charge in [0.15, 0.2) is 0 Å². The molecule has 0 heterocycles. The van der Waals surface area contributed by atoms with Gasteiger partial charge >= 0.3 is 6.09 Å². The highest BCUT2D eigenvalue weighted by atomic mass is 16.5. The summed E-state index contributed by atoms with van der Waals surface area (Å²) in [6.07, 6.45) is 1.80. The van der Waals surface area contributed by atoms with Crippen LogP contribution in [0.2, 0.25) is 0 Å². The number of hydrogen-bond donors (Lipinski definition) is 1. The number of carbonyl (C=O) groups is 2. The molecule has 5 heteroatoms. The molecule has 0 unspecified atom stereocenters. The first-order chi connectivity index (χ1) is 7.50. The molecule has 92 valence electrons. The van der Waals surface area contributed by atoms with E-state index < -0.39 is 6.09 Å². The minimum atomic E-state index is -0.568. The molecule has 0 bridgehead atoms. The van der Waals surface area contributed by atoms with E-state index in [9.17, 15) is 9.59 Å². The van der Waals surface area contributed by atoms with E-state index in [0.717, 1.165) is 6.54 Å². The summed E-state index contributed by atoms with van der Waals surface area (Å²) < 4.78 is 4.41. The van der Waals surface area contributed by atoms with Gasteiger partial charge in [0.25, 0.3) is 0 Å². The number of amides is 2. The van der Waals surface area contributed by atoms with Gasteiger partial charge in [-0.2, -0.15) is 0 Å². The molecule has 0 aromatic rings. The molecule has 1 rings (SSSR count). The number of carbonyl (C=O) groups excluding carboxylic acids is 2. The van der Waals surface area contributed by atoms with Crippen molar-refractivity contribution in [3.05, 3.63) is 0 Å². The highest BCUT2D eigenvalue weighted by Crippen LogP contribution is 2.45. The number of alkyl carbamates (subject to hydrolysis) is 1. The third-order valence-corrected chi connectivity index (χ3v) is 2.98. The quantitative estimate of drug-likeness (QED) is 0.763. The molecule has 0 atom stereocenters. The Kier molecular flexibility index (Phi) is 4.15. The smallest absolute Gasteiger partial charge is 0.407 e. The molecule has 1 aliphatic rings. The van der Waals surface area contributed by atoms with Gasteiger partial charge < -0.3 is 15.0 Å². The van der Waals surface area contributed by atoms with Crippen LogP contribution in [0, 0.1) is 5.41 Å². The second-order valence-electron chi connectivity index (χ2n) is 4.56. The molecule has 0 aliphatic heterocycles. The zero-order chi connectivity index (χ0) is 12.2. The molecule has 0 aromatic carbocycles. The van der Waals surface area contributed by atoms with Crippen molar-refractivity contribution >= 4 is 12.0 Å². The van der Waals surface area contributed by atoms with Crippen molar-refractivity contribution in [3.63, 3.8) is 0 Å². The molecule has 16 heavy (non-hydrogen) atoms. The standard InChI is InChI=1S/C11H20N2O3/c1-4-13(8-11(2)5-6-11)9(14)7-12-10(15)16-3/h4-8H2,1-3H3,(H,12,15). The number of likely N-dealkylation sites (N-methyl/N-ethyl adjacent to an activating group) is 1. The van der Waals surface area contributed by atoms with Crippen molar-refractivity contribution < 1.29 is 14.3 Å². The van der Waals surface area contributed by atoms with Crippen LogP contribution < -0.4 is 5.32 Å². The van der Waals surface area contributed by atoms with Crippen LogP contribution in [-0.4, -0.2) is 43.6 Å². The molecular formula is C11H20N2O3. The summed E-state index contributed by atoms with van der Waals surface area (Å²) in [5.41, 5.74) is 0.303. The van der Waals surface area contributed by atoms with E-state index in [1.54, 1.807) is 4.90 Å². The zero-order valence-corrected chi connectivity index (χ0v) is 10.2. The first-order valence-corrected chi connectivity index (χ1v) is 5.60. The van der Waals surface area contributed by atoms with Gasteiger partial charge in [-0.05, 0) is 25.2 Å². The summed E-state index contributed by atoms with van der Waals surface area (Å²) in [5.74, 6) is -0.0546. The van der Waals surface area contributed by atoms with Gasteiger partial charge in [0.1, 0.15) is 6.54 Å². The summed E-state index contributed by atoms with van der Waals surface area (Å²) in [7, 11) is 1.28. The van der Waals surface area contributed by atoms with Gasteiger partial charge in [-0.25, -0.2) is 4.79 Å². The number of nitrogens with one attached hydrogen (secondary N) is 1. The van der Waals surface area contributed by atoms with E-state index >= 15 is 0 Å². The molecule has 0 spiro atoms. The van der Waals surface area contributed by atoms with Gasteiger partial charge in [-0.3, -0.25) is 4.79 Å². The first-order valence-electron chi connectivity index (χ1n) is 5.60. The van der Waals surface area contributed by atoms with Crippen LogP contribution in [0.25, 0.3) is 0 Å². The Morgan fingerprint density at radius 2 is 2.06 bits per heavy atom. The lowest BCUT2D eigenvalue weighted by Gasteiger charge is -2.24. The Morgan fingerprint density at radius 1 is 1.44 bits per heavy atom. The number of nitrogens with zero attached hydrogens (tertiary/aromatic N) is 1. The summed E-state index contributed by atoms with van der Waals surface area (Å²) >= 11 is 0. The summed E-state index contributed by atoms with van der Waals surface area (Å²) in [4.78, 5) is 24.4. The average molecular weight is 228 g/mol. The lowest BCUT2D eigenvalue weighted by Crippen LogP contribution is -2.42. The molecular weight excluding hydrogens is 208 g/mol. The van der Waals surface area contributed by atoms with Crippen molar-refractivity contribution in [1.82, 2.24) is 10.2 Å². The fourth-order valence-corrected chi connectivity index (χ4v) is 1.54. The third kappa shape index (κ3) is 3.72. The van der Waals surface area contributed by atoms with Crippen molar-refractivity contribution in [2.75, 3.05) is 26.7 Å². The highest BCUT2D eigenvalue weighted by molar-refractivity contribution is 5.82. The number of rotatable bonds is 5. The zero-order valence-electron chi connectivity index (χ0n) is 10.2. The average Bonchev–Trinajstić information content (AvgIpc) is 3.00. The van der Waals surface area contributed by atoms with E-state index in [2.05, 4.69) is 17.0 Å². The third-order valence-electron chi connectivity index (χ3n) is 2.98. The summed E-state index contributed by atoms with van der Waals surface area (Å²) in [5, 5.41) is 2.40. The van der Waals surface area contributed by atoms with E-state index in [4.69, 9.17) is 0 Å². The van der Waals surface area contributed by atoms with Gasteiger partial charge in [0.2, 0.25) is 5.91 Å². The van der Waals surface area contributed by atoms with Crippen LogP contribution in [0.15, 0.2) is 0 Å². The Labute approximate surface area is 96.1 Å². The molecule has 5 nitrogen and oxygen atoms in total. The van der Waals surface area contributed by atoms with Crippen LogP contribution >= 0.6 is 0 Å². The minimum absolute atomic E-state index is 0.0105. The minimum Gasteiger partial charge on any atom is -0.453 e. The fraction of sp³-hybridized carbons (Fsp3) is 0.818. The van der Waals surface area contributed by atoms with Gasteiger partial charge in [0, 0.05) is 13.1 Å². The molecule has 1 saturated carbocycles. The van der Waals surface area contributed by atoms with Crippen LogP contribution in [0.5, 0.6) is 0 Å². The number of methoxy groups -OCH3 is 1. The van der Waals surface area contributed by atoms with Crippen molar-refractivity contribution in [2.24, 2.45) is 5.41 Å². The van der Waals surface area contributed by atoms with Crippen LogP contribution in [0.1, 0.15) is 26.7 Å². The SMILES string of the molecule is CCN(CC1(C)CC1)C(=O)CNC(=O)OC. The maximum absolute atomic E-state index is 11.8. The Morgan fingerprint density at radius 3 is 2.50 bits per heavy atom. The molecule has 0 saturated heterocycles. The summed E-state index contributed by atoms with van der Waals surface area (Å²) in [6.45, 7) is 5.59. The van der Waals surface area contributed by atoms with E-state index in [1.807, 2.05) is 6.92 Å². The van der Waals surface area contributed by atoms with E-state index in [-0.39, 0.29) is 12.5 Å². The van der Waals surface area contributed by atoms with Crippen LogP contribution in [0.4, 0.5) is 4.79 Å². The lowest BCUT2D eigenvalue weighted by molar-refractivity contribution is -0.130. The molecule has 1 fully saturated rings. The second kappa shape index (κ2) is 5.18. The first kappa shape index (κ1) is 12.8. The Bertz CT molecular complexity index is 274. The topological polar surface area (TPSA) is 58.6 Å². The maximum atomic E-state index is 11.8. The van der Waals surface area contributed by atoms with Crippen LogP contribution in [0.3, 0.4) is 0 Å². The Hall–Kier alpha value is -1.26. The van der Waals surface area contributed by atoms with Gasteiger partial charge in [-0.15, -0.1) is 0 Å². The molecule has 2 amide bonds. The highest BCUT2D eigenvalue weighted by Gasteiger charge is 2.39. The number of hydrogen-bond acceptors (Lipinski definition) is 3. The van der Waals surface area contributed by atoms with Gasteiger partial charge in [-0.1, -0.05) is 6.92 Å². The molecule has 1 N–H and O–H groups in total. The molecule has 1 aliphatic carbocycles. The maximum Gasteiger partial charge on any atom is 0.407 e. The normalized spacial score (nSPS) is 16.4. The van der Waals surface area contributed by atoms with Crippen LogP contribution in [-0.2, 0) is 9.53 Å². The Balaban J connectivity index is 2.34. The largest absolute Gasteiger partial charge is 0.453 e. The lowest BCUT2D eigenvalue weighted by atomic mass is 10.1. The van der Waals surface area contributed by atoms with E-state index in [0.29, 0.717) is 12.0 Å². The monoisotopic (exact) mass is 228 g/mol. The number of ether oxygens (including phenoxy) is 1. The fourth-order valence-electron chi connectivity index (χ4n) is 1.54.